The van der Waals surface area contributed by atoms with Crippen LogP contribution in [0.2, 0.25) is 13.1 Å². The summed E-state index contributed by atoms with van der Waals surface area (Å²) in [5.74, 6) is 0. The fourth-order valence-corrected chi connectivity index (χ4v) is 7.63. The van der Waals surface area contributed by atoms with Crippen molar-refractivity contribution in [2.24, 2.45) is 0 Å². The Kier molecular flexibility index (Phi) is 5.19. The van der Waals surface area contributed by atoms with Gasteiger partial charge < -0.3 is 13.3 Å². The highest BCUT2D eigenvalue weighted by molar-refractivity contribution is 7.24. The largest absolute Gasteiger partial charge is 0.415 e. The molecule has 0 aliphatic rings. The lowest BCUT2D eigenvalue weighted by molar-refractivity contribution is 0.270. The van der Waals surface area contributed by atoms with Crippen LogP contribution in [0, 0.1) is 0 Å². The molecule has 0 bridgehead atoms. The van der Waals surface area contributed by atoms with Gasteiger partial charge in [-0.25, -0.2) is 0 Å². The fraction of sp³-hybridized carbons (Fsp3) is 1.00. The predicted molar refractivity (Wildman–Crippen MR) is 50.3 cm³/mol. The van der Waals surface area contributed by atoms with E-state index in [0.29, 0.717) is 0 Å². The van der Waals surface area contributed by atoms with Gasteiger partial charge >= 0.3 is 8.80 Å². The molecule has 3 nitrogen and oxygen atoms in total. The topological polar surface area (TPSA) is 27.7 Å². The second kappa shape index (κ2) is 5.05. The highest BCUT2D eigenvalue weighted by atomic mass is 29.3. The molecular formula is C6H18O3Si2. The molecule has 0 fully saturated rings. The second-order valence-corrected chi connectivity index (χ2v) is 13.5. The van der Waals surface area contributed by atoms with Gasteiger partial charge in [0.05, 0.1) is 0 Å². The maximum absolute atomic E-state index is 5.62. The van der Waals surface area contributed by atoms with Crippen LogP contribution in [0.4, 0.5) is 0 Å². The van der Waals surface area contributed by atoms with E-state index in [1.807, 2.05) is 6.92 Å². The zero-order valence-corrected chi connectivity index (χ0v) is 10.2. The minimum atomic E-state index is -1.64. The molecule has 0 saturated carbocycles. The molecular weight excluding hydrogens is 176 g/mol. The summed E-state index contributed by atoms with van der Waals surface area (Å²) in [5, 5.41) is 0. The number of rotatable bonds is 5. The van der Waals surface area contributed by atoms with Gasteiger partial charge in [-0.1, -0.05) is 0 Å². The van der Waals surface area contributed by atoms with Crippen LogP contribution in [0.15, 0.2) is 0 Å². The molecule has 0 aromatic heterocycles. The first kappa shape index (κ1) is 11.3. The van der Waals surface area contributed by atoms with Crippen LogP contribution in [-0.2, 0) is 13.3 Å². The van der Waals surface area contributed by atoms with Gasteiger partial charge in [0.2, 0.25) is 7.83 Å². The molecule has 68 valence electrons. The van der Waals surface area contributed by atoms with Crippen molar-refractivity contribution in [3.05, 3.63) is 0 Å². The maximum Gasteiger partial charge on any atom is 0.332 e. The Balaban J connectivity index is 4.00. The molecule has 0 rings (SSSR count). The van der Waals surface area contributed by atoms with Gasteiger partial charge in [0.15, 0.2) is 0 Å². The van der Waals surface area contributed by atoms with E-state index < -0.39 is 16.6 Å². The molecule has 0 radical (unpaired) electrons. The third-order valence-corrected chi connectivity index (χ3v) is 9.86. The SMILES string of the molecule is CCO[Si](C)(C)[SiH](OC)OC. The van der Waals surface area contributed by atoms with E-state index >= 15 is 0 Å². The molecule has 0 amide bonds. The molecule has 0 aliphatic heterocycles. The van der Waals surface area contributed by atoms with Crippen molar-refractivity contribution in [2.75, 3.05) is 20.8 Å². The van der Waals surface area contributed by atoms with Crippen LogP contribution in [0.25, 0.3) is 0 Å². The molecule has 0 aromatic carbocycles. The Bertz CT molecular complexity index is 104. The normalized spacial score (nSPS) is 12.5. The highest BCUT2D eigenvalue weighted by Crippen LogP contribution is 2.09. The molecule has 11 heavy (non-hydrogen) atoms. The van der Waals surface area contributed by atoms with Crippen LogP contribution in [0.5, 0.6) is 0 Å². The van der Waals surface area contributed by atoms with E-state index in [2.05, 4.69) is 13.1 Å². The van der Waals surface area contributed by atoms with Crippen molar-refractivity contribution < 1.29 is 13.3 Å². The Hall–Kier alpha value is 0.314. The van der Waals surface area contributed by atoms with E-state index in [4.69, 9.17) is 13.3 Å². The summed E-state index contributed by atoms with van der Waals surface area (Å²) in [4.78, 5) is 0. The van der Waals surface area contributed by atoms with Gasteiger partial charge in [-0.15, -0.1) is 0 Å². The van der Waals surface area contributed by atoms with Crippen LogP contribution in [0.1, 0.15) is 6.92 Å². The average molecular weight is 194 g/mol. The van der Waals surface area contributed by atoms with Crippen molar-refractivity contribution >= 4 is 16.6 Å². The molecule has 0 N–H and O–H groups in total. The van der Waals surface area contributed by atoms with Gasteiger partial charge in [-0.2, -0.15) is 0 Å². The minimum Gasteiger partial charge on any atom is -0.415 e. The molecule has 0 spiro atoms. The maximum atomic E-state index is 5.62. The summed E-state index contributed by atoms with van der Waals surface area (Å²) < 4.78 is 16.2. The van der Waals surface area contributed by atoms with Crippen molar-refractivity contribution in [1.29, 1.82) is 0 Å². The Labute approximate surface area is 71.4 Å². The van der Waals surface area contributed by atoms with Crippen LogP contribution < -0.4 is 0 Å². The van der Waals surface area contributed by atoms with Gasteiger partial charge in [-0.05, 0) is 20.0 Å². The summed E-state index contributed by atoms with van der Waals surface area (Å²) in [7, 11) is 0.265. The summed E-state index contributed by atoms with van der Waals surface area (Å²) in [6, 6.07) is 0. The second-order valence-electron chi connectivity index (χ2n) is 2.84. The van der Waals surface area contributed by atoms with Gasteiger partial charge in [0.25, 0.3) is 0 Å². The van der Waals surface area contributed by atoms with Crippen LogP contribution in [0.3, 0.4) is 0 Å². The third kappa shape index (κ3) is 3.48. The number of hydrogen-bond acceptors (Lipinski definition) is 3. The first-order chi connectivity index (χ1) is 5.08. The molecule has 0 heterocycles. The van der Waals surface area contributed by atoms with Gasteiger partial charge in [0, 0.05) is 20.8 Å². The smallest absolute Gasteiger partial charge is 0.332 e. The molecule has 5 heteroatoms. The first-order valence-corrected chi connectivity index (χ1v) is 9.44. The zero-order chi connectivity index (χ0) is 8.91. The Morgan fingerprint density at radius 3 is 1.91 bits per heavy atom. The molecule has 0 atom stereocenters. The number of hydrogen-bond donors (Lipinski definition) is 0. The summed E-state index contributed by atoms with van der Waals surface area (Å²) >= 11 is 0. The van der Waals surface area contributed by atoms with Crippen molar-refractivity contribution in [1.82, 2.24) is 0 Å². The lowest BCUT2D eigenvalue weighted by atomic mass is 10.9. The monoisotopic (exact) mass is 194 g/mol. The summed E-state index contributed by atoms with van der Waals surface area (Å²) in [6.45, 7) is 7.04. The minimum absolute atomic E-state index is 0.759. The quantitative estimate of drug-likeness (QED) is 0.607. The lowest BCUT2D eigenvalue weighted by Crippen LogP contribution is -2.51. The molecule has 0 aromatic rings. The van der Waals surface area contributed by atoms with Crippen LogP contribution >= 0.6 is 0 Å². The van der Waals surface area contributed by atoms with E-state index in [0.717, 1.165) is 6.61 Å². The Morgan fingerprint density at radius 1 is 1.18 bits per heavy atom. The highest BCUT2D eigenvalue weighted by Gasteiger charge is 2.37. The van der Waals surface area contributed by atoms with Crippen molar-refractivity contribution in [3.8, 4) is 0 Å². The van der Waals surface area contributed by atoms with E-state index in [-0.39, 0.29) is 0 Å². The average Bonchev–Trinajstić information content (AvgIpc) is 1.89. The lowest BCUT2D eigenvalue weighted by Gasteiger charge is -2.26. The van der Waals surface area contributed by atoms with Crippen molar-refractivity contribution in [3.63, 3.8) is 0 Å². The molecule has 0 aliphatic carbocycles. The standard InChI is InChI=1S/C6H18O3Si2/c1-6-9-11(4,5)10(7-2)8-3/h10H,6H2,1-5H3. The van der Waals surface area contributed by atoms with E-state index in [1.54, 1.807) is 14.2 Å². The predicted octanol–water partition coefficient (Wildman–Crippen LogP) is 0.820. The van der Waals surface area contributed by atoms with Crippen LogP contribution in [-0.4, -0.2) is 37.5 Å². The summed E-state index contributed by atoms with van der Waals surface area (Å²) in [6.07, 6.45) is 0. The molecule has 0 saturated heterocycles. The van der Waals surface area contributed by atoms with E-state index in [1.165, 1.54) is 0 Å². The van der Waals surface area contributed by atoms with E-state index in [9.17, 15) is 0 Å². The van der Waals surface area contributed by atoms with Crippen molar-refractivity contribution in [2.45, 2.75) is 20.0 Å². The zero-order valence-electron chi connectivity index (χ0n) is 8.01. The Morgan fingerprint density at radius 2 is 1.64 bits per heavy atom. The molecule has 0 unspecified atom stereocenters. The van der Waals surface area contributed by atoms with Gasteiger partial charge in [-0.3, -0.25) is 0 Å². The third-order valence-electron chi connectivity index (χ3n) is 1.51. The fourth-order valence-electron chi connectivity index (χ4n) is 1.10. The van der Waals surface area contributed by atoms with Gasteiger partial charge in [0.1, 0.15) is 0 Å². The first-order valence-electron chi connectivity index (χ1n) is 3.78. The summed E-state index contributed by atoms with van der Waals surface area (Å²) in [5.41, 5.74) is 0.